The molecule has 0 amide bonds. The molecular weight excluding hydrogens is 447 g/mol. The van der Waals surface area contributed by atoms with Crippen LogP contribution in [0.4, 0.5) is 13.2 Å². The highest BCUT2D eigenvalue weighted by atomic mass is 32.2. The first-order valence-corrected chi connectivity index (χ1v) is 11.5. The van der Waals surface area contributed by atoms with Crippen molar-refractivity contribution in [3.8, 4) is 18.1 Å². The Hall–Kier alpha value is -2.25. The average molecular weight is 476 g/mol. The molecule has 0 aliphatic heterocycles. The molecule has 0 heterocycles. The molecule has 0 bridgehead atoms. The summed E-state index contributed by atoms with van der Waals surface area (Å²) in [7, 11) is -2.41. The highest BCUT2D eigenvalue weighted by molar-refractivity contribution is 7.89. The summed E-state index contributed by atoms with van der Waals surface area (Å²) >= 11 is 0. The number of terminal acetylenes is 1. The van der Waals surface area contributed by atoms with Crippen molar-refractivity contribution in [1.29, 1.82) is 0 Å². The third kappa shape index (κ3) is 5.21. The van der Waals surface area contributed by atoms with Crippen molar-refractivity contribution < 1.29 is 35.9 Å². The smallest absolute Gasteiger partial charge is 0.309 e. The summed E-state index contributed by atoms with van der Waals surface area (Å²) in [6, 6.07) is 0. The Kier molecular flexibility index (Phi) is 7.57. The molecule has 0 saturated heterocycles. The number of carbonyl (C=O) groups is 1. The second-order valence-electron chi connectivity index (χ2n) is 9.04. The minimum Gasteiger partial charge on any atom is -0.486 e. The molecule has 10 heteroatoms. The maximum atomic E-state index is 15.0. The lowest BCUT2D eigenvalue weighted by molar-refractivity contribution is -0.161. The van der Waals surface area contributed by atoms with Crippen LogP contribution < -0.4 is 4.74 Å². The van der Waals surface area contributed by atoms with E-state index in [4.69, 9.17) is 15.9 Å². The lowest BCUT2D eigenvalue weighted by atomic mass is 9.92. The monoisotopic (exact) mass is 475 g/mol. The topological polar surface area (TPSA) is 72.9 Å². The molecule has 1 aliphatic rings. The highest BCUT2D eigenvalue weighted by Gasteiger charge is 2.39. The van der Waals surface area contributed by atoms with Gasteiger partial charge in [-0.2, -0.15) is 0 Å². The number of ether oxygens (including phenoxy) is 2. The predicted molar refractivity (Wildman–Crippen MR) is 112 cm³/mol. The number of halogens is 3. The number of nitrogens with zero attached hydrogens (tertiary/aromatic N) is 1. The molecule has 178 valence electrons. The summed E-state index contributed by atoms with van der Waals surface area (Å²) in [5, 5.41) is 0. The van der Waals surface area contributed by atoms with E-state index in [9.17, 15) is 26.4 Å². The molecule has 3 atom stereocenters. The molecule has 0 spiro atoms. The van der Waals surface area contributed by atoms with Gasteiger partial charge in [0.05, 0.1) is 12.0 Å². The molecule has 2 rings (SSSR count). The predicted octanol–water partition coefficient (Wildman–Crippen LogP) is 3.86. The summed E-state index contributed by atoms with van der Waals surface area (Å²) in [6.07, 6.45) is 5.51. The second kappa shape index (κ2) is 9.32. The van der Waals surface area contributed by atoms with Crippen molar-refractivity contribution in [2.45, 2.75) is 63.6 Å². The first-order valence-electron chi connectivity index (χ1n) is 10.1. The van der Waals surface area contributed by atoms with Crippen LogP contribution in [0.15, 0.2) is 4.90 Å². The van der Waals surface area contributed by atoms with Gasteiger partial charge in [-0.25, -0.2) is 25.9 Å². The number of carbonyl (C=O) groups excluding carboxylic acids is 1. The number of hydrogen-bond donors (Lipinski definition) is 0. The van der Waals surface area contributed by atoms with Crippen molar-refractivity contribution in [1.82, 2.24) is 4.31 Å². The quantitative estimate of drug-likeness (QED) is 0.355. The Morgan fingerprint density at radius 1 is 1.16 bits per heavy atom. The number of benzene rings is 1. The van der Waals surface area contributed by atoms with Gasteiger partial charge in [0.1, 0.15) is 11.2 Å². The Morgan fingerprint density at radius 2 is 1.75 bits per heavy atom. The summed E-state index contributed by atoms with van der Waals surface area (Å²) in [6.45, 7) is 6.96. The maximum absolute atomic E-state index is 15.0. The minimum atomic E-state index is -4.60. The van der Waals surface area contributed by atoms with Gasteiger partial charge in [0.15, 0.2) is 28.1 Å². The van der Waals surface area contributed by atoms with Gasteiger partial charge in [-0.15, -0.1) is 6.42 Å². The lowest BCUT2D eigenvalue weighted by Crippen LogP contribution is -2.31. The van der Waals surface area contributed by atoms with Crippen LogP contribution in [-0.2, 0) is 19.6 Å². The Labute approximate surface area is 187 Å². The Balaban J connectivity index is 2.39. The zero-order valence-corrected chi connectivity index (χ0v) is 19.8. The van der Waals surface area contributed by atoms with E-state index in [1.54, 1.807) is 33.6 Å². The van der Waals surface area contributed by atoms with Crippen LogP contribution in [-0.4, -0.2) is 44.5 Å². The zero-order chi connectivity index (χ0) is 24.6. The van der Waals surface area contributed by atoms with Gasteiger partial charge in [0.2, 0.25) is 10.0 Å². The van der Waals surface area contributed by atoms with E-state index >= 15 is 0 Å². The maximum Gasteiger partial charge on any atom is 0.309 e. The molecule has 0 N–H and O–H groups in total. The Morgan fingerprint density at radius 3 is 2.25 bits per heavy atom. The van der Waals surface area contributed by atoms with Crippen LogP contribution in [0.2, 0.25) is 0 Å². The van der Waals surface area contributed by atoms with E-state index in [0.29, 0.717) is 17.1 Å². The van der Waals surface area contributed by atoms with Gasteiger partial charge >= 0.3 is 5.97 Å². The number of rotatable bonds is 6. The van der Waals surface area contributed by atoms with Gasteiger partial charge in [-0.1, -0.05) is 12.8 Å². The molecule has 1 fully saturated rings. The molecule has 1 saturated carbocycles. The Bertz CT molecular complexity index is 1040. The number of hydrogen-bond acceptors (Lipinski definition) is 5. The SMILES string of the molecule is C#Cc1c(F)c(F)c(S(=O)(=O)N(C)C)c(OC2CCC(C(C)C(=O)OC(C)(C)C)C2)c1F. The molecule has 6 nitrogen and oxygen atoms in total. The van der Waals surface area contributed by atoms with Crippen LogP contribution in [0.3, 0.4) is 0 Å². The fourth-order valence-electron chi connectivity index (χ4n) is 3.55. The number of esters is 1. The number of sulfonamides is 1. The van der Waals surface area contributed by atoms with Crippen molar-refractivity contribution in [3.63, 3.8) is 0 Å². The fourth-order valence-corrected chi connectivity index (χ4v) is 4.61. The van der Waals surface area contributed by atoms with Crippen LogP contribution in [0.5, 0.6) is 5.75 Å². The van der Waals surface area contributed by atoms with Gasteiger partial charge in [0.25, 0.3) is 0 Å². The van der Waals surface area contributed by atoms with Gasteiger partial charge < -0.3 is 9.47 Å². The van der Waals surface area contributed by atoms with E-state index in [2.05, 4.69) is 0 Å². The molecule has 1 aliphatic carbocycles. The van der Waals surface area contributed by atoms with Crippen LogP contribution in [0, 0.1) is 41.6 Å². The summed E-state index contributed by atoms with van der Waals surface area (Å²) in [4.78, 5) is 11.1. The van der Waals surface area contributed by atoms with Crippen molar-refractivity contribution in [2.24, 2.45) is 11.8 Å². The average Bonchev–Trinajstić information content (AvgIpc) is 3.12. The van der Waals surface area contributed by atoms with Crippen LogP contribution >= 0.6 is 0 Å². The standard InChI is InChI=1S/C22H28F3NO5S/c1-8-15-16(23)18(25)20(32(28,29)26(6)7)19(17(15)24)30-14-10-9-13(11-14)12(2)21(27)31-22(3,4)5/h1,12-14H,9-11H2,2-7H3. The first-order chi connectivity index (χ1) is 14.6. The molecule has 0 aromatic heterocycles. The van der Waals surface area contributed by atoms with Gasteiger partial charge in [-0.3, -0.25) is 4.79 Å². The summed E-state index contributed by atoms with van der Waals surface area (Å²) in [5.74, 6) is -5.36. The van der Waals surface area contributed by atoms with E-state index in [1.807, 2.05) is 0 Å². The summed E-state index contributed by atoms with van der Waals surface area (Å²) < 4.78 is 80.7. The van der Waals surface area contributed by atoms with Crippen LogP contribution in [0.1, 0.15) is 52.5 Å². The molecule has 32 heavy (non-hydrogen) atoms. The van der Waals surface area contributed by atoms with Gasteiger partial charge in [-0.05, 0) is 46.0 Å². The van der Waals surface area contributed by atoms with E-state index < -0.39 is 67.3 Å². The third-order valence-corrected chi connectivity index (χ3v) is 7.16. The molecule has 3 unspecified atom stereocenters. The van der Waals surface area contributed by atoms with E-state index in [0.717, 1.165) is 14.1 Å². The fraction of sp³-hybridized carbons (Fsp3) is 0.591. The van der Waals surface area contributed by atoms with Crippen molar-refractivity contribution in [2.75, 3.05) is 14.1 Å². The normalized spacial score (nSPS) is 20.2. The summed E-state index contributed by atoms with van der Waals surface area (Å²) in [5.41, 5.74) is -1.71. The highest BCUT2D eigenvalue weighted by Crippen LogP contribution is 2.40. The first kappa shape index (κ1) is 26.0. The lowest BCUT2D eigenvalue weighted by Gasteiger charge is -2.25. The van der Waals surface area contributed by atoms with Crippen molar-refractivity contribution >= 4 is 16.0 Å². The van der Waals surface area contributed by atoms with E-state index in [1.165, 1.54) is 0 Å². The zero-order valence-electron chi connectivity index (χ0n) is 19.0. The molecule has 0 radical (unpaired) electrons. The third-order valence-electron chi connectivity index (χ3n) is 5.31. The molecule has 1 aromatic rings. The van der Waals surface area contributed by atoms with E-state index in [-0.39, 0.29) is 12.3 Å². The van der Waals surface area contributed by atoms with Crippen molar-refractivity contribution in [3.05, 3.63) is 23.0 Å². The molecule has 1 aromatic carbocycles. The second-order valence-corrected chi connectivity index (χ2v) is 11.1. The van der Waals surface area contributed by atoms with Crippen LogP contribution in [0.25, 0.3) is 0 Å². The largest absolute Gasteiger partial charge is 0.486 e. The van der Waals surface area contributed by atoms with Gasteiger partial charge in [0, 0.05) is 14.1 Å². The minimum absolute atomic E-state index is 0.177. The molecular formula is C22H28F3NO5S.